The number of carbonyl (C=O) groups is 1. The van der Waals surface area contributed by atoms with Gasteiger partial charge >= 0.3 is 6.09 Å². The Morgan fingerprint density at radius 2 is 1.96 bits per heavy atom. The first-order valence-electron chi connectivity index (χ1n) is 8.88. The molecule has 8 nitrogen and oxygen atoms in total. The average Bonchev–Trinajstić information content (AvgIpc) is 2.92. The molecule has 0 aliphatic carbocycles. The van der Waals surface area contributed by atoms with Crippen molar-refractivity contribution in [2.24, 2.45) is 4.99 Å². The van der Waals surface area contributed by atoms with Crippen LogP contribution in [0.2, 0.25) is 0 Å². The quantitative estimate of drug-likeness (QED) is 0.382. The summed E-state index contributed by atoms with van der Waals surface area (Å²) in [6.45, 7) is 13.4. The van der Waals surface area contributed by atoms with Crippen LogP contribution in [0.1, 0.15) is 53.2 Å². The number of aliphatic imine (C=N–C) groups is 1. The number of halogens is 1. The van der Waals surface area contributed by atoms with Crippen molar-refractivity contribution in [3.8, 4) is 0 Å². The summed E-state index contributed by atoms with van der Waals surface area (Å²) in [5, 5.41) is 6.46. The molecule has 1 aliphatic rings. The van der Waals surface area contributed by atoms with Crippen molar-refractivity contribution in [3.63, 3.8) is 0 Å². The van der Waals surface area contributed by atoms with Crippen LogP contribution in [0.15, 0.2) is 15.6 Å². The molecular weight excluding hydrogens is 461 g/mol. The topological polar surface area (TPSA) is 92.0 Å². The van der Waals surface area contributed by atoms with E-state index in [1.807, 2.05) is 20.8 Å². The number of oxazole rings is 1. The Bertz CT molecular complexity index is 655. The van der Waals surface area contributed by atoms with Gasteiger partial charge < -0.3 is 24.7 Å². The van der Waals surface area contributed by atoms with Gasteiger partial charge in [-0.2, -0.15) is 0 Å². The molecular formula is C18H32IN5O3. The lowest BCUT2D eigenvalue weighted by Crippen LogP contribution is -2.63. The molecule has 1 aliphatic heterocycles. The van der Waals surface area contributed by atoms with Gasteiger partial charge in [0.2, 0.25) is 5.89 Å². The zero-order chi connectivity index (χ0) is 19.5. The highest BCUT2D eigenvalue weighted by Crippen LogP contribution is 2.22. The summed E-state index contributed by atoms with van der Waals surface area (Å²) in [7, 11) is 1.70. The maximum atomic E-state index is 11.9. The molecule has 154 valence electrons. The third-order valence-electron chi connectivity index (χ3n) is 3.80. The van der Waals surface area contributed by atoms with Gasteiger partial charge in [-0.1, -0.05) is 20.8 Å². The molecule has 2 rings (SSSR count). The number of likely N-dealkylation sites (tertiary alicyclic amines) is 1. The van der Waals surface area contributed by atoms with E-state index in [9.17, 15) is 4.79 Å². The predicted octanol–water partition coefficient (Wildman–Crippen LogP) is 2.87. The number of nitrogens with one attached hydrogen (secondary N) is 2. The third kappa shape index (κ3) is 7.19. The van der Waals surface area contributed by atoms with E-state index >= 15 is 0 Å². The number of ether oxygens (including phenoxy) is 1. The smallest absolute Gasteiger partial charge is 0.410 e. The van der Waals surface area contributed by atoms with Crippen molar-refractivity contribution in [1.29, 1.82) is 0 Å². The van der Waals surface area contributed by atoms with Gasteiger partial charge in [-0.3, -0.25) is 4.99 Å². The van der Waals surface area contributed by atoms with Crippen LogP contribution in [0.3, 0.4) is 0 Å². The maximum Gasteiger partial charge on any atom is 0.410 e. The van der Waals surface area contributed by atoms with Crippen molar-refractivity contribution in [3.05, 3.63) is 17.8 Å². The normalized spacial score (nSPS) is 15.7. The van der Waals surface area contributed by atoms with Crippen molar-refractivity contribution >= 4 is 36.0 Å². The second-order valence-corrected chi connectivity index (χ2v) is 8.52. The molecule has 2 N–H and O–H groups in total. The van der Waals surface area contributed by atoms with Crippen molar-refractivity contribution in [1.82, 2.24) is 20.5 Å². The molecule has 0 bridgehead atoms. The number of amides is 1. The van der Waals surface area contributed by atoms with Gasteiger partial charge in [0.05, 0.1) is 18.8 Å². The fourth-order valence-electron chi connectivity index (χ4n) is 2.33. The maximum absolute atomic E-state index is 11.9. The van der Waals surface area contributed by atoms with Gasteiger partial charge in [-0.15, -0.1) is 24.0 Å². The third-order valence-corrected chi connectivity index (χ3v) is 3.80. The van der Waals surface area contributed by atoms with E-state index < -0.39 is 5.60 Å². The van der Waals surface area contributed by atoms with Gasteiger partial charge in [0.25, 0.3) is 0 Å². The summed E-state index contributed by atoms with van der Waals surface area (Å²) in [6.07, 6.45) is 1.48. The van der Waals surface area contributed by atoms with Crippen LogP contribution >= 0.6 is 24.0 Å². The number of hydrogen-bond donors (Lipinski definition) is 2. The average molecular weight is 493 g/mol. The monoisotopic (exact) mass is 493 g/mol. The van der Waals surface area contributed by atoms with Crippen LogP contribution in [0.5, 0.6) is 0 Å². The summed E-state index contributed by atoms with van der Waals surface area (Å²) in [4.78, 5) is 22.1. The van der Waals surface area contributed by atoms with Crippen molar-refractivity contribution in [2.75, 3.05) is 20.1 Å². The summed E-state index contributed by atoms with van der Waals surface area (Å²) < 4.78 is 11.1. The fraction of sp³-hybridized carbons (Fsp3) is 0.722. The highest BCUT2D eigenvalue weighted by molar-refractivity contribution is 14.0. The number of hydrogen-bond acceptors (Lipinski definition) is 5. The van der Waals surface area contributed by atoms with Crippen LogP contribution in [-0.2, 0) is 16.7 Å². The highest BCUT2D eigenvalue weighted by Gasteiger charge is 2.34. The number of nitrogens with zero attached hydrogens (tertiary/aromatic N) is 3. The Morgan fingerprint density at radius 1 is 1.33 bits per heavy atom. The second-order valence-electron chi connectivity index (χ2n) is 8.52. The molecule has 0 radical (unpaired) electrons. The van der Waals surface area contributed by atoms with Crippen LogP contribution in [0.25, 0.3) is 0 Å². The summed E-state index contributed by atoms with van der Waals surface area (Å²) >= 11 is 0. The Hall–Kier alpha value is -1.52. The number of guanidine groups is 1. The lowest BCUT2D eigenvalue weighted by Gasteiger charge is -2.40. The van der Waals surface area contributed by atoms with Crippen LogP contribution in [-0.4, -0.2) is 53.7 Å². The lowest BCUT2D eigenvalue weighted by atomic mass is 9.94. The van der Waals surface area contributed by atoms with Crippen LogP contribution < -0.4 is 10.6 Å². The molecule has 2 heterocycles. The Morgan fingerprint density at radius 3 is 2.44 bits per heavy atom. The molecule has 1 aromatic rings. The van der Waals surface area contributed by atoms with E-state index in [1.54, 1.807) is 18.1 Å². The Balaban J connectivity index is 0.00000364. The Labute approximate surface area is 178 Å². The van der Waals surface area contributed by atoms with Crippen LogP contribution in [0, 0.1) is 0 Å². The first-order valence-corrected chi connectivity index (χ1v) is 8.88. The van der Waals surface area contributed by atoms with E-state index in [-0.39, 0.29) is 41.5 Å². The van der Waals surface area contributed by atoms with Gasteiger partial charge in [-0.25, -0.2) is 9.78 Å². The molecule has 1 amide bonds. The lowest BCUT2D eigenvalue weighted by molar-refractivity contribution is 0.00701. The van der Waals surface area contributed by atoms with Gasteiger partial charge in [0, 0.05) is 25.6 Å². The molecule has 0 spiro atoms. The molecule has 9 heteroatoms. The fourth-order valence-corrected chi connectivity index (χ4v) is 2.33. The van der Waals surface area contributed by atoms with E-state index in [4.69, 9.17) is 9.15 Å². The molecule has 1 aromatic heterocycles. The van der Waals surface area contributed by atoms with Gasteiger partial charge in [-0.05, 0) is 20.8 Å². The first-order chi connectivity index (χ1) is 12.0. The number of aromatic nitrogens is 1. The molecule has 0 unspecified atom stereocenters. The van der Waals surface area contributed by atoms with Gasteiger partial charge in [0.1, 0.15) is 11.4 Å². The minimum atomic E-state index is -0.477. The highest BCUT2D eigenvalue weighted by atomic mass is 127. The molecule has 0 aromatic carbocycles. The Kier molecular flexibility index (Phi) is 7.94. The first kappa shape index (κ1) is 23.5. The van der Waals surface area contributed by atoms with Crippen LogP contribution in [0.4, 0.5) is 4.79 Å². The zero-order valence-electron chi connectivity index (χ0n) is 17.3. The largest absolute Gasteiger partial charge is 0.444 e. The number of rotatable bonds is 3. The van der Waals surface area contributed by atoms with Crippen molar-refractivity contribution < 1.29 is 13.9 Å². The molecule has 1 fully saturated rings. The minimum Gasteiger partial charge on any atom is -0.444 e. The zero-order valence-corrected chi connectivity index (χ0v) is 19.6. The molecule has 0 saturated carbocycles. The predicted molar refractivity (Wildman–Crippen MR) is 116 cm³/mol. The SMILES string of the molecule is CN=C(NCc1ncc(C(C)(C)C)o1)NC1CN(C(=O)OC(C)(C)C)C1.I. The number of carbonyl (C=O) groups excluding carboxylic acids is 1. The molecule has 0 atom stereocenters. The van der Waals surface area contributed by atoms with E-state index in [2.05, 4.69) is 41.4 Å². The van der Waals surface area contributed by atoms with E-state index in [0.29, 0.717) is 31.5 Å². The standard InChI is InChI=1S/C18H31N5O3.HI/c1-17(2,3)13-8-20-14(25-13)9-21-15(19-7)22-12-10-23(11-12)16(24)26-18(4,5)6;/h8,12H,9-11H2,1-7H3,(H2,19,21,22);1H. The molecule has 27 heavy (non-hydrogen) atoms. The van der Waals surface area contributed by atoms with Crippen molar-refractivity contribution in [2.45, 2.75) is 65.1 Å². The summed E-state index contributed by atoms with van der Waals surface area (Å²) in [5.74, 6) is 2.11. The summed E-state index contributed by atoms with van der Waals surface area (Å²) in [5.41, 5.74) is -0.544. The summed E-state index contributed by atoms with van der Waals surface area (Å²) in [6, 6.07) is 0.142. The molecule has 1 saturated heterocycles. The second kappa shape index (κ2) is 9.11. The minimum absolute atomic E-state index is 0. The van der Waals surface area contributed by atoms with E-state index in [0.717, 1.165) is 5.76 Å². The van der Waals surface area contributed by atoms with E-state index in [1.165, 1.54) is 0 Å². The van der Waals surface area contributed by atoms with Gasteiger partial charge in [0.15, 0.2) is 5.96 Å².